The number of carbonyl (C=O) groups is 2. The Hall–Kier alpha value is -2.58. The molecule has 0 saturated heterocycles. The van der Waals surface area contributed by atoms with Crippen LogP contribution in [0.3, 0.4) is 0 Å². The molecule has 2 aromatic rings. The summed E-state index contributed by atoms with van der Waals surface area (Å²) in [4.78, 5) is 23.8. The zero-order valence-corrected chi connectivity index (χ0v) is 14.9. The molecular formula is C18H16ClF3N2O3. The van der Waals surface area contributed by atoms with Crippen molar-refractivity contribution in [3.8, 4) is 0 Å². The van der Waals surface area contributed by atoms with Crippen LogP contribution in [0.4, 0.5) is 18.9 Å². The Morgan fingerprint density at radius 2 is 1.70 bits per heavy atom. The van der Waals surface area contributed by atoms with Gasteiger partial charge in [-0.2, -0.15) is 13.2 Å². The molecule has 9 heteroatoms. The minimum Gasteiger partial charge on any atom is -0.375 e. The van der Waals surface area contributed by atoms with E-state index in [0.29, 0.717) is 10.6 Å². The number of anilines is 1. The fourth-order valence-corrected chi connectivity index (χ4v) is 2.51. The monoisotopic (exact) mass is 400 g/mol. The van der Waals surface area contributed by atoms with E-state index in [1.54, 1.807) is 24.3 Å². The van der Waals surface area contributed by atoms with Crippen LogP contribution in [-0.2, 0) is 20.5 Å². The van der Waals surface area contributed by atoms with Gasteiger partial charge >= 0.3 is 18.0 Å². The first-order valence-electron chi connectivity index (χ1n) is 7.76. The van der Waals surface area contributed by atoms with Crippen LogP contribution in [0.5, 0.6) is 0 Å². The molecule has 2 amide bonds. The number of hydrogen-bond acceptors (Lipinski definition) is 3. The summed E-state index contributed by atoms with van der Waals surface area (Å²) in [7, 11) is 1.43. The van der Waals surface area contributed by atoms with E-state index in [1.807, 2.05) is 0 Å². The Labute approximate surface area is 158 Å². The molecule has 2 N–H and O–H groups in total. The maximum Gasteiger partial charge on any atom is 0.416 e. The largest absolute Gasteiger partial charge is 0.416 e. The average Bonchev–Trinajstić information content (AvgIpc) is 2.63. The second kappa shape index (κ2) is 8.88. The van der Waals surface area contributed by atoms with Gasteiger partial charge in [0.25, 0.3) is 0 Å². The van der Waals surface area contributed by atoms with E-state index in [0.717, 1.165) is 24.3 Å². The van der Waals surface area contributed by atoms with Crippen LogP contribution < -0.4 is 10.6 Å². The molecule has 0 fully saturated rings. The van der Waals surface area contributed by atoms with Gasteiger partial charge in [0.15, 0.2) is 0 Å². The summed E-state index contributed by atoms with van der Waals surface area (Å²) in [5.41, 5.74) is -0.143. The fraction of sp³-hybridized carbons (Fsp3) is 0.222. The van der Waals surface area contributed by atoms with Gasteiger partial charge in [-0.3, -0.25) is 9.59 Å². The molecule has 0 aliphatic carbocycles. The van der Waals surface area contributed by atoms with Gasteiger partial charge in [-0.1, -0.05) is 29.8 Å². The quantitative estimate of drug-likeness (QED) is 0.750. The van der Waals surface area contributed by atoms with Gasteiger partial charge in [-0.05, 0) is 30.3 Å². The van der Waals surface area contributed by atoms with Crippen LogP contribution in [0.15, 0.2) is 48.5 Å². The van der Waals surface area contributed by atoms with Crippen molar-refractivity contribution in [2.45, 2.75) is 12.3 Å². The topological polar surface area (TPSA) is 67.4 Å². The smallest absolute Gasteiger partial charge is 0.375 e. The third-order valence-corrected chi connectivity index (χ3v) is 4.01. The molecule has 2 aromatic carbocycles. The zero-order valence-electron chi connectivity index (χ0n) is 14.1. The Bertz CT molecular complexity index is 810. The normalized spacial score (nSPS) is 12.3. The highest BCUT2D eigenvalue weighted by Crippen LogP contribution is 2.29. The molecule has 0 aliphatic heterocycles. The molecule has 27 heavy (non-hydrogen) atoms. The number of ether oxygens (including phenoxy) is 1. The van der Waals surface area contributed by atoms with Crippen molar-refractivity contribution in [3.63, 3.8) is 0 Å². The van der Waals surface area contributed by atoms with Crippen molar-refractivity contribution in [2.24, 2.45) is 0 Å². The van der Waals surface area contributed by atoms with Crippen LogP contribution in [0.25, 0.3) is 0 Å². The summed E-state index contributed by atoms with van der Waals surface area (Å²) in [5.74, 6) is -1.97. The molecule has 0 bridgehead atoms. The minimum absolute atomic E-state index is 0.0144. The number of carbonyl (C=O) groups excluding carboxylic acids is 2. The lowest BCUT2D eigenvalue weighted by Crippen LogP contribution is -2.38. The second-order valence-electron chi connectivity index (χ2n) is 5.49. The maximum absolute atomic E-state index is 12.5. The third kappa shape index (κ3) is 5.70. The van der Waals surface area contributed by atoms with Gasteiger partial charge < -0.3 is 15.4 Å². The van der Waals surface area contributed by atoms with Crippen LogP contribution in [0.2, 0.25) is 5.02 Å². The van der Waals surface area contributed by atoms with Crippen LogP contribution in [0, 0.1) is 0 Å². The molecule has 2 rings (SSSR count). The van der Waals surface area contributed by atoms with Crippen LogP contribution in [0.1, 0.15) is 17.2 Å². The van der Waals surface area contributed by atoms with Crippen molar-refractivity contribution in [1.29, 1.82) is 0 Å². The SMILES string of the molecule is CO[C@@H](CNC(=O)C(=O)Nc1ccc(C(F)(F)F)cc1)c1ccccc1Cl. The van der Waals surface area contributed by atoms with E-state index in [9.17, 15) is 22.8 Å². The predicted octanol–water partition coefficient (Wildman–Crippen LogP) is 3.80. The number of amides is 2. The first kappa shape index (κ1) is 20.7. The number of alkyl halides is 3. The third-order valence-electron chi connectivity index (χ3n) is 3.66. The Kier molecular flexibility index (Phi) is 6.81. The first-order valence-corrected chi connectivity index (χ1v) is 8.14. The van der Waals surface area contributed by atoms with Gasteiger partial charge in [0.1, 0.15) is 6.10 Å². The zero-order chi connectivity index (χ0) is 20.0. The Balaban J connectivity index is 1.93. The summed E-state index contributed by atoms with van der Waals surface area (Å²) in [6.07, 6.45) is -5.05. The molecular weight excluding hydrogens is 385 g/mol. The summed E-state index contributed by atoms with van der Waals surface area (Å²) < 4.78 is 42.8. The minimum atomic E-state index is -4.48. The molecule has 1 atom stereocenters. The molecule has 0 radical (unpaired) electrons. The Morgan fingerprint density at radius 3 is 2.26 bits per heavy atom. The molecule has 0 saturated carbocycles. The first-order chi connectivity index (χ1) is 12.7. The molecule has 0 aromatic heterocycles. The predicted molar refractivity (Wildman–Crippen MR) is 94.3 cm³/mol. The number of rotatable bonds is 5. The van der Waals surface area contributed by atoms with Gasteiger partial charge in [-0.15, -0.1) is 0 Å². The standard InChI is InChI=1S/C18H16ClF3N2O3/c1-27-15(13-4-2-3-5-14(13)19)10-23-16(25)17(26)24-12-8-6-11(7-9-12)18(20,21)22/h2-9,15H,10H2,1H3,(H,23,25)(H,24,26)/t15-/m0/s1. The molecule has 0 heterocycles. The lowest BCUT2D eigenvalue weighted by atomic mass is 10.1. The lowest BCUT2D eigenvalue weighted by Gasteiger charge is -2.17. The maximum atomic E-state index is 12.5. The highest BCUT2D eigenvalue weighted by molar-refractivity contribution is 6.39. The summed E-state index contributed by atoms with van der Waals surface area (Å²) in [5, 5.41) is 5.08. The van der Waals surface area contributed by atoms with E-state index in [1.165, 1.54) is 7.11 Å². The van der Waals surface area contributed by atoms with Gasteiger partial charge in [0, 0.05) is 29.9 Å². The molecule has 0 spiro atoms. The van der Waals surface area contributed by atoms with E-state index in [2.05, 4.69) is 10.6 Å². The number of benzene rings is 2. The van der Waals surface area contributed by atoms with Gasteiger partial charge in [0.05, 0.1) is 5.56 Å². The number of hydrogen-bond donors (Lipinski definition) is 2. The summed E-state index contributed by atoms with van der Waals surface area (Å²) in [6, 6.07) is 10.6. The summed E-state index contributed by atoms with van der Waals surface area (Å²) >= 11 is 6.08. The molecule has 5 nitrogen and oxygen atoms in total. The number of halogens is 4. The van der Waals surface area contributed by atoms with Crippen LogP contribution >= 0.6 is 11.6 Å². The van der Waals surface area contributed by atoms with Crippen molar-refractivity contribution in [1.82, 2.24) is 5.32 Å². The Morgan fingerprint density at radius 1 is 1.07 bits per heavy atom. The van der Waals surface area contributed by atoms with Crippen molar-refractivity contribution in [3.05, 3.63) is 64.7 Å². The van der Waals surface area contributed by atoms with Crippen molar-refractivity contribution < 1.29 is 27.5 Å². The van der Waals surface area contributed by atoms with Gasteiger partial charge in [0.2, 0.25) is 0 Å². The van der Waals surface area contributed by atoms with Crippen molar-refractivity contribution in [2.75, 3.05) is 19.0 Å². The molecule has 0 aliphatic rings. The van der Waals surface area contributed by atoms with E-state index in [-0.39, 0.29) is 12.2 Å². The van der Waals surface area contributed by atoms with Crippen LogP contribution in [-0.4, -0.2) is 25.5 Å². The van der Waals surface area contributed by atoms with E-state index < -0.39 is 29.7 Å². The lowest BCUT2D eigenvalue weighted by molar-refractivity contribution is -0.137. The average molecular weight is 401 g/mol. The highest BCUT2D eigenvalue weighted by atomic mass is 35.5. The number of nitrogens with one attached hydrogen (secondary N) is 2. The van der Waals surface area contributed by atoms with E-state index >= 15 is 0 Å². The van der Waals surface area contributed by atoms with E-state index in [4.69, 9.17) is 16.3 Å². The highest BCUT2D eigenvalue weighted by Gasteiger charge is 2.30. The second-order valence-corrected chi connectivity index (χ2v) is 5.89. The fourth-order valence-electron chi connectivity index (χ4n) is 2.25. The molecule has 0 unspecified atom stereocenters. The summed E-state index contributed by atoms with van der Waals surface area (Å²) in [6.45, 7) is -0.0144. The van der Waals surface area contributed by atoms with Crippen molar-refractivity contribution >= 4 is 29.1 Å². The molecule has 144 valence electrons. The number of methoxy groups -OCH3 is 1. The van der Waals surface area contributed by atoms with Gasteiger partial charge in [-0.25, -0.2) is 0 Å².